The van der Waals surface area contributed by atoms with Crippen molar-refractivity contribution in [3.05, 3.63) is 78.2 Å². The summed E-state index contributed by atoms with van der Waals surface area (Å²) in [4.78, 5) is 24.4. The van der Waals surface area contributed by atoms with Crippen molar-refractivity contribution < 1.29 is 13.9 Å². The number of rotatable bonds is 7. The largest absolute Gasteiger partial charge is 0.462 e. The van der Waals surface area contributed by atoms with Gasteiger partial charge in [0.15, 0.2) is 5.65 Å². The van der Waals surface area contributed by atoms with Gasteiger partial charge in [-0.1, -0.05) is 30.3 Å². The number of benzene rings is 1. The molecule has 0 saturated heterocycles. The molecule has 2 atom stereocenters. The van der Waals surface area contributed by atoms with Crippen LogP contribution >= 0.6 is 0 Å². The molecule has 0 bridgehead atoms. The van der Waals surface area contributed by atoms with Gasteiger partial charge in [-0.15, -0.1) is 0 Å². The monoisotopic (exact) mass is 512 g/mol. The number of aromatic nitrogens is 5. The number of esters is 1. The summed E-state index contributed by atoms with van der Waals surface area (Å²) in [5.74, 6) is 0.289. The second kappa shape index (κ2) is 9.89. The van der Waals surface area contributed by atoms with Crippen LogP contribution < -0.4 is 4.90 Å². The van der Waals surface area contributed by atoms with E-state index >= 15 is 0 Å². The molecule has 1 aliphatic carbocycles. The molecule has 1 aromatic carbocycles. The van der Waals surface area contributed by atoms with Crippen molar-refractivity contribution in [3.8, 4) is 11.3 Å². The van der Waals surface area contributed by atoms with Gasteiger partial charge in [0.1, 0.15) is 23.2 Å². The lowest BCUT2D eigenvalue weighted by Gasteiger charge is -2.21. The maximum absolute atomic E-state index is 14.8. The van der Waals surface area contributed by atoms with E-state index in [2.05, 4.69) is 27.1 Å². The van der Waals surface area contributed by atoms with Crippen LogP contribution in [0.1, 0.15) is 48.1 Å². The van der Waals surface area contributed by atoms with Gasteiger partial charge >= 0.3 is 5.97 Å². The van der Waals surface area contributed by atoms with E-state index in [1.54, 1.807) is 17.6 Å². The first-order valence-corrected chi connectivity index (χ1v) is 13.0. The van der Waals surface area contributed by atoms with Gasteiger partial charge in [0, 0.05) is 43.0 Å². The maximum Gasteiger partial charge on any atom is 0.343 e. The number of hydrogen-bond acceptors (Lipinski definition) is 6. The number of alkyl halides is 1. The number of fused-ring (bicyclic) bond motifs is 2. The lowest BCUT2D eigenvalue weighted by atomic mass is 10.1. The van der Waals surface area contributed by atoms with Crippen molar-refractivity contribution in [1.29, 1.82) is 0 Å². The topological polar surface area (TPSA) is 77.5 Å². The van der Waals surface area contributed by atoms with Crippen molar-refractivity contribution in [3.63, 3.8) is 0 Å². The van der Waals surface area contributed by atoms with Gasteiger partial charge < -0.3 is 14.2 Å². The van der Waals surface area contributed by atoms with Crippen LogP contribution in [0.4, 0.5) is 10.2 Å². The second-order valence-electron chi connectivity index (χ2n) is 9.69. The molecule has 0 radical (unpaired) electrons. The zero-order valence-electron chi connectivity index (χ0n) is 21.4. The van der Waals surface area contributed by atoms with Crippen LogP contribution in [-0.2, 0) is 11.3 Å². The van der Waals surface area contributed by atoms with Crippen molar-refractivity contribution in [1.82, 2.24) is 24.1 Å². The first-order chi connectivity index (χ1) is 18.5. The van der Waals surface area contributed by atoms with E-state index in [1.807, 2.05) is 54.2 Å². The number of pyridine rings is 1. The molecule has 0 aliphatic heterocycles. The Balaban J connectivity index is 1.54. The summed E-state index contributed by atoms with van der Waals surface area (Å²) in [6.07, 6.45) is 6.47. The van der Waals surface area contributed by atoms with Gasteiger partial charge in [-0.3, -0.25) is 0 Å². The van der Waals surface area contributed by atoms with Crippen molar-refractivity contribution >= 4 is 28.5 Å². The molecule has 0 amide bonds. The fourth-order valence-corrected chi connectivity index (χ4v) is 5.40. The third-order valence-electron chi connectivity index (χ3n) is 7.22. The minimum atomic E-state index is -0.909. The highest BCUT2D eigenvalue weighted by Crippen LogP contribution is 2.39. The van der Waals surface area contributed by atoms with Gasteiger partial charge in [0.2, 0.25) is 0 Å². The third-order valence-corrected chi connectivity index (χ3v) is 7.22. The quantitative estimate of drug-likeness (QED) is 0.263. The van der Waals surface area contributed by atoms with E-state index in [-0.39, 0.29) is 12.6 Å². The SMILES string of the molecule is CCOC(=O)c1cnn2c(N(C)Cc3ccccc3)cc(-c3cn([C@H]4CCC[C@H]4F)c4ncccc34)nc12. The normalized spacial score (nSPS) is 17.3. The Kier molecular flexibility index (Phi) is 6.27. The molecule has 1 aliphatic rings. The zero-order valence-corrected chi connectivity index (χ0v) is 21.4. The predicted molar refractivity (Wildman–Crippen MR) is 144 cm³/mol. The second-order valence-corrected chi connectivity index (χ2v) is 9.69. The molecule has 4 aromatic heterocycles. The molecule has 0 spiro atoms. The molecular formula is C29H29FN6O2. The lowest BCUT2D eigenvalue weighted by molar-refractivity contribution is 0.0528. The van der Waals surface area contributed by atoms with Crippen LogP contribution in [0.15, 0.2) is 67.1 Å². The number of nitrogens with zero attached hydrogens (tertiary/aromatic N) is 6. The Hall–Kier alpha value is -4.27. The van der Waals surface area contributed by atoms with E-state index in [1.165, 1.54) is 6.20 Å². The number of anilines is 1. The van der Waals surface area contributed by atoms with E-state index in [0.717, 1.165) is 40.8 Å². The molecular weight excluding hydrogens is 483 g/mol. The zero-order chi connectivity index (χ0) is 26.2. The van der Waals surface area contributed by atoms with Gasteiger partial charge in [-0.05, 0) is 43.9 Å². The first-order valence-electron chi connectivity index (χ1n) is 13.0. The number of ether oxygens (including phenoxy) is 1. The summed E-state index contributed by atoms with van der Waals surface area (Å²) in [5.41, 5.74) is 4.06. The third kappa shape index (κ3) is 4.17. The molecule has 38 heavy (non-hydrogen) atoms. The van der Waals surface area contributed by atoms with E-state index in [4.69, 9.17) is 9.72 Å². The van der Waals surface area contributed by atoms with Crippen molar-refractivity contribution in [2.45, 2.75) is 44.9 Å². The smallest absolute Gasteiger partial charge is 0.343 e. The van der Waals surface area contributed by atoms with Crippen LogP contribution in [-0.4, -0.2) is 49.9 Å². The van der Waals surface area contributed by atoms with Crippen LogP contribution in [0.25, 0.3) is 27.9 Å². The highest BCUT2D eigenvalue weighted by atomic mass is 19.1. The molecule has 0 unspecified atom stereocenters. The molecule has 6 rings (SSSR count). The first kappa shape index (κ1) is 24.1. The van der Waals surface area contributed by atoms with E-state index in [0.29, 0.717) is 29.9 Å². The summed E-state index contributed by atoms with van der Waals surface area (Å²) in [7, 11) is 1.98. The number of halogens is 1. The Labute approximate surface area is 219 Å². The maximum atomic E-state index is 14.8. The van der Waals surface area contributed by atoms with Crippen LogP contribution in [0, 0.1) is 0 Å². The molecule has 1 saturated carbocycles. The van der Waals surface area contributed by atoms with Crippen molar-refractivity contribution in [2.24, 2.45) is 0 Å². The van der Waals surface area contributed by atoms with E-state index < -0.39 is 12.1 Å². The fourth-order valence-electron chi connectivity index (χ4n) is 5.40. The fraction of sp³-hybridized carbons (Fsp3) is 0.310. The number of hydrogen-bond donors (Lipinski definition) is 0. The minimum absolute atomic E-state index is 0.252. The summed E-state index contributed by atoms with van der Waals surface area (Å²) >= 11 is 0. The van der Waals surface area contributed by atoms with Crippen LogP contribution in [0.5, 0.6) is 0 Å². The predicted octanol–water partition coefficient (Wildman–Crippen LogP) is 5.62. The number of carbonyl (C=O) groups is 1. The van der Waals surface area contributed by atoms with Crippen LogP contribution in [0.2, 0.25) is 0 Å². The summed E-state index contributed by atoms with van der Waals surface area (Å²) in [6, 6.07) is 15.7. The Bertz CT molecular complexity index is 1610. The highest BCUT2D eigenvalue weighted by molar-refractivity contribution is 5.98. The van der Waals surface area contributed by atoms with Gasteiger partial charge in [-0.25, -0.2) is 19.2 Å². The van der Waals surface area contributed by atoms with Gasteiger partial charge in [0.25, 0.3) is 0 Å². The van der Waals surface area contributed by atoms with Gasteiger partial charge in [0.05, 0.1) is 24.5 Å². The number of carbonyl (C=O) groups excluding carboxylic acids is 1. The summed E-state index contributed by atoms with van der Waals surface area (Å²) in [5, 5.41) is 5.39. The van der Waals surface area contributed by atoms with Crippen LogP contribution in [0.3, 0.4) is 0 Å². The molecule has 4 heterocycles. The molecule has 5 aromatic rings. The summed E-state index contributed by atoms with van der Waals surface area (Å²) < 4.78 is 23.8. The average molecular weight is 513 g/mol. The highest BCUT2D eigenvalue weighted by Gasteiger charge is 2.31. The molecule has 8 nitrogen and oxygen atoms in total. The molecule has 9 heteroatoms. The molecule has 1 fully saturated rings. The molecule has 0 N–H and O–H groups in total. The Morgan fingerprint density at radius 2 is 2.00 bits per heavy atom. The van der Waals surface area contributed by atoms with E-state index in [9.17, 15) is 9.18 Å². The Morgan fingerprint density at radius 3 is 2.76 bits per heavy atom. The Morgan fingerprint density at radius 1 is 1.16 bits per heavy atom. The summed E-state index contributed by atoms with van der Waals surface area (Å²) in [6.45, 7) is 2.65. The standard InChI is InChI=1S/C29H29FN6O2/c1-3-38-29(37)21-16-32-36-26(34(2)17-19-9-5-4-6-10-19)15-24(33-28(21)36)22-18-35(25-13-7-12-23(25)30)27-20(22)11-8-14-31-27/h4-6,8-11,14-16,18,23,25H,3,7,12-13,17H2,1-2H3/t23-,25+/m1/s1. The lowest BCUT2D eigenvalue weighted by Crippen LogP contribution is -2.20. The minimum Gasteiger partial charge on any atom is -0.462 e. The van der Waals surface area contributed by atoms with Gasteiger partial charge in [-0.2, -0.15) is 9.61 Å². The van der Waals surface area contributed by atoms with Crippen molar-refractivity contribution in [2.75, 3.05) is 18.6 Å². The molecule has 194 valence electrons. The average Bonchev–Trinajstić information content (AvgIpc) is 3.65.